The van der Waals surface area contributed by atoms with E-state index in [4.69, 9.17) is 11.6 Å². The van der Waals surface area contributed by atoms with Crippen LogP contribution in [0.5, 0.6) is 0 Å². The summed E-state index contributed by atoms with van der Waals surface area (Å²) >= 11 is 7.67. The molecule has 1 unspecified atom stereocenters. The van der Waals surface area contributed by atoms with Crippen molar-refractivity contribution in [2.24, 2.45) is 0 Å². The number of pyridine rings is 1. The number of nitrogens with one attached hydrogen (secondary N) is 1. The summed E-state index contributed by atoms with van der Waals surface area (Å²) in [4.78, 5) is 17.0. The Bertz CT molecular complexity index is 1230. The molecule has 0 saturated carbocycles. The maximum Gasteiger partial charge on any atom is 0.253 e. The molecular formula is C24H21ClFN5OS. The van der Waals surface area contributed by atoms with Crippen LogP contribution in [0.2, 0.25) is 5.02 Å². The van der Waals surface area contributed by atoms with Gasteiger partial charge >= 0.3 is 0 Å². The second-order valence-corrected chi connectivity index (χ2v) is 8.73. The number of amides is 1. The van der Waals surface area contributed by atoms with Crippen LogP contribution in [0.3, 0.4) is 0 Å². The maximum absolute atomic E-state index is 13.2. The fraction of sp³-hybridized carbons (Fsp3) is 0.167. The minimum Gasteiger partial charge on any atom is -0.342 e. The molecule has 6 nitrogen and oxygen atoms in total. The van der Waals surface area contributed by atoms with Crippen molar-refractivity contribution in [2.75, 3.05) is 0 Å². The van der Waals surface area contributed by atoms with E-state index in [0.29, 0.717) is 33.9 Å². The quantitative estimate of drug-likeness (QED) is 0.346. The molecule has 0 aliphatic heterocycles. The van der Waals surface area contributed by atoms with Gasteiger partial charge in [-0.3, -0.25) is 14.3 Å². The van der Waals surface area contributed by atoms with E-state index in [0.717, 1.165) is 11.1 Å². The first-order chi connectivity index (χ1) is 16.0. The summed E-state index contributed by atoms with van der Waals surface area (Å²) in [5.74, 6) is 0.658. The third kappa shape index (κ3) is 5.77. The highest BCUT2D eigenvalue weighted by atomic mass is 35.5. The van der Waals surface area contributed by atoms with E-state index in [1.807, 2.05) is 23.6 Å². The zero-order valence-electron chi connectivity index (χ0n) is 17.8. The van der Waals surface area contributed by atoms with Crippen molar-refractivity contribution < 1.29 is 9.18 Å². The fourth-order valence-electron chi connectivity index (χ4n) is 3.26. The molecule has 1 amide bonds. The van der Waals surface area contributed by atoms with Crippen LogP contribution >= 0.6 is 23.4 Å². The number of carbonyl (C=O) groups excluding carboxylic acids is 1. The first kappa shape index (κ1) is 22.9. The number of rotatable bonds is 8. The predicted octanol–water partition coefficient (Wildman–Crippen LogP) is 5.30. The number of halogens is 2. The van der Waals surface area contributed by atoms with E-state index in [2.05, 4.69) is 20.5 Å². The van der Waals surface area contributed by atoms with Crippen molar-refractivity contribution in [3.05, 3.63) is 106 Å². The number of hydrogen-bond donors (Lipinski definition) is 1. The molecule has 33 heavy (non-hydrogen) atoms. The second-order valence-electron chi connectivity index (χ2n) is 7.38. The number of nitrogens with zero attached hydrogens (tertiary/aromatic N) is 4. The predicted molar refractivity (Wildman–Crippen MR) is 127 cm³/mol. The minimum absolute atomic E-state index is 0.270. The molecule has 4 aromatic rings. The molecule has 2 aromatic heterocycles. The van der Waals surface area contributed by atoms with Crippen LogP contribution in [0, 0.1) is 5.82 Å². The summed E-state index contributed by atoms with van der Waals surface area (Å²) in [5.41, 5.74) is 2.35. The molecule has 1 atom stereocenters. The summed E-state index contributed by atoms with van der Waals surface area (Å²) in [5, 5.41) is 12.8. The third-order valence-corrected chi connectivity index (χ3v) is 6.31. The second kappa shape index (κ2) is 10.6. The Balaban J connectivity index is 1.57. The van der Waals surface area contributed by atoms with Crippen molar-refractivity contribution >= 4 is 29.3 Å². The molecule has 0 radical (unpaired) electrons. The van der Waals surface area contributed by atoms with Crippen molar-refractivity contribution in [1.82, 2.24) is 25.1 Å². The lowest BCUT2D eigenvalue weighted by atomic mass is 10.2. The summed E-state index contributed by atoms with van der Waals surface area (Å²) in [6.45, 7) is 2.35. The van der Waals surface area contributed by atoms with Gasteiger partial charge in [0.2, 0.25) is 0 Å². The number of carbonyl (C=O) groups is 1. The van der Waals surface area contributed by atoms with Gasteiger partial charge in [0, 0.05) is 18.1 Å². The molecule has 0 aliphatic carbocycles. The Morgan fingerprint density at radius 1 is 1.09 bits per heavy atom. The standard InChI is InChI=1S/C24H21ClFN5OS/c1-16(28-23(32)20-6-2-3-7-21(20)25)22-29-30-24(31(22)14-18-5-4-12-27-13-18)33-15-17-8-10-19(26)11-9-17/h2-13,16H,14-15H2,1H3,(H,28,32). The number of aromatic nitrogens is 4. The lowest BCUT2D eigenvalue weighted by molar-refractivity contribution is 0.0937. The smallest absolute Gasteiger partial charge is 0.253 e. The Morgan fingerprint density at radius 3 is 2.61 bits per heavy atom. The number of thioether (sulfide) groups is 1. The van der Waals surface area contributed by atoms with E-state index in [9.17, 15) is 9.18 Å². The molecule has 2 aromatic carbocycles. The summed E-state index contributed by atoms with van der Waals surface area (Å²) in [7, 11) is 0. The van der Waals surface area contributed by atoms with Gasteiger partial charge in [0.05, 0.1) is 23.2 Å². The Kier molecular flexibility index (Phi) is 7.36. The molecule has 9 heteroatoms. The maximum atomic E-state index is 13.2. The van der Waals surface area contributed by atoms with Gasteiger partial charge < -0.3 is 5.32 Å². The van der Waals surface area contributed by atoms with Gasteiger partial charge in [0.15, 0.2) is 11.0 Å². The first-order valence-corrected chi connectivity index (χ1v) is 11.6. The van der Waals surface area contributed by atoms with E-state index in [1.165, 1.54) is 23.9 Å². The van der Waals surface area contributed by atoms with Crippen molar-refractivity contribution in [3.63, 3.8) is 0 Å². The summed E-state index contributed by atoms with van der Waals surface area (Å²) in [6, 6.07) is 16.7. The molecule has 168 valence electrons. The van der Waals surface area contributed by atoms with Gasteiger partial charge in [-0.25, -0.2) is 4.39 Å². The van der Waals surface area contributed by atoms with Crippen LogP contribution in [0.4, 0.5) is 4.39 Å². The van der Waals surface area contributed by atoms with Gasteiger partial charge in [0.1, 0.15) is 5.82 Å². The molecular weight excluding hydrogens is 461 g/mol. The lowest BCUT2D eigenvalue weighted by Gasteiger charge is -2.17. The molecule has 0 spiro atoms. The van der Waals surface area contributed by atoms with Crippen molar-refractivity contribution in [2.45, 2.75) is 30.4 Å². The van der Waals surface area contributed by atoms with Crippen LogP contribution in [-0.2, 0) is 12.3 Å². The van der Waals surface area contributed by atoms with Crippen LogP contribution < -0.4 is 5.32 Å². The van der Waals surface area contributed by atoms with Gasteiger partial charge in [-0.15, -0.1) is 10.2 Å². The summed E-state index contributed by atoms with van der Waals surface area (Å²) in [6.07, 6.45) is 3.50. The SMILES string of the molecule is CC(NC(=O)c1ccccc1Cl)c1nnc(SCc2ccc(F)cc2)n1Cc1cccnc1. The molecule has 0 aliphatic rings. The highest BCUT2D eigenvalue weighted by Gasteiger charge is 2.21. The molecule has 0 saturated heterocycles. The van der Waals surface area contributed by atoms with Crippen LogP contribution in [0.25, 0.3) is 0 Å². The highest BCUT2D eigenvalue weighted by molar-refractivity contribution is 7.98. The highest BCUT2D eigenvalue weighted by Crippen LogP contribution is 2.26. The lowest BCUT2D eigenvalue weighted by Crippen LogP contribution is -2.29. The molecule has 2 heterocycles. The Labute approximate surface area is 200 Å². The van der Waals surface area contributed by atoms with Crippen LogP contribution in [-0.4, -0.2) is 25.7 Å². The van der Waals surface area contributed by atoms with E-state index in [1.54, 1.807) is 48.8 Å². The number of hydrogen-bond acceptors (Lipinski definition) is 5. The molecule has 0 fully saturated rings. The first-order valence-electron chi connectivity index (χ1n) is 10.3. The molecule has 0 bridgehead atoms. The van der Waals surface area contributed by atoms with Gasteiger partial charge in [0.25, 0.3) is 5.91 Å². The van der Waals surface area contributed by atoms with E-state index in [-0.39, 0.29) is 11.7 Å². The summed E-state index contributed by atoms with van der Waals surface area (Å²) < 4.78 is 15.2. The molecule has 1 N–H and O–H groups in total. The Morgan fingerprint density at radius 2 is 1.88 bits per heavy atom. The zero-order valence-corrected chi connectivity index (χ0v) is 19.4. The fourth-order valence-corrected chi connectivity index (χ4v) is 4.39. The normalized spacial score (nSPS) is 11.8. The van der Waals surface area contributed by atoms with E-state index < -0.39 is 6.04 Å². The average Bonchev–Trinajstić information content (AvgIpc) is 3.22. The average molecular weight is 482 g/mol. The van der Waals surface area contributed by atoms with Gasteiger partial charge in [-0.2, -0.15) is 0 Å². The van der Waals surface area contributed by atoms with E-state index >= 15 is 0 Å². The third-order valence-electron chi connectivity index (χ3n) is 4.94. The van der Waals surface area contributed by atoms with Gasteiger partial charge in [-0.1, -0.05) is 53.7 Å². The number of benzene rings is 2. The topological polar surface area (TPSA) is 72.7 Å². The van der Waals surface area contributed by atoms with Crippen LogP contribution in [0.15, 0.2) is 78.2 Å². The molecule has 4 rings (SSSR count). The zero-order chi connectivity index (χ0) is 23.2. The minimum atomic E-state index is -0.418. The van der Waals surface area contributed by atoms with Crippen molar-refractivity contribution in [1.29, 1.82) is 0 Å². The van der Waals surface area contributed by atoms with Crippen LogP contribution in [0.1, 0.15) is 40.3 Å². The Hall–Kier alpha value is -3.23. The largest absolute Gasteiger partial charge is 0.342 e. The van der Waals surface area contributed by atoms with Gasteiger partial charge in [-0.05, 0) is 48.4 Å². The monoisotopic (exact) mass is 481 g/mol. The van der Waals surface area contributed by atoms with Crippen molar-refractivity contribution in [3.8, 4) is 0 Å².